The summed E-state index contributed by atoms with van der Waals surface area (Å²) in [4.78, 5) is 4.29. The van der Waals surface area contributed by atoms with E-state index in [0.717, 1.165) is 11.3 Å². The van der Waals surface area contributed by atoms with Crippen LogP contribution in [0.4, 0.5) is 0 Å². The zero-order valence-electron chi connectivity index (χ0n) is 8.86. The highest BCUT2D eigenvalue weighted by molar-refractivity contribution is 5.85. The summed E-state index contributed by atoms with van der Waals surface area (Å²) in [5.74, 6) is 0.913. The number of fused-ring (bicyclic) bond motifs is 1. The van der Waals surface area contributed by atoms with Crippen molar-refractivity contribution in [3.63, 3.8) is 0 Å². The van der Waals surface area contributed by atoms with E-state index in [0.29, 0.717) is 6.61 Å². The second kappa shape index (κ2) is 4.99. The first-order chi connectivity index (χ1) is 6.81. The van der Waals surface area contributed by atoms with Gasteiger partial charge >= 0.3 is 0 Å². The highest BCUT2D eigenvalue weighted by atomic mass is 35.5. The quantitative estimate of drug-likeness (QED) is 0.779. The monoisotopic (exact) mass is 223 g/mol. The fourth-order valence-electron chi connectivity index (χ4n) is 1.52. The standard InChI is InChI=1S/C12H13NO.ClH/c1-3-14-10-4-5-12-11(8-10)9(2)6-7-13-12;/h4-8H,3H2,1-2H3;1H. The molecule has 2 rings (SSSR count). The molecule has 0 bridgehead atoms. The highest BCUT2D eigenvalue weighted by Crippen LogP contribution is 2.21. The summed E-state index contributed by atoms with van der Waals surface area (Å²) in [6.45, 7) is 4.77. The molecule has 2 nitrogen and oxygen atoms in total. The Bertz CT molecular complexity index is 456. The lowest BCUT2D eigenvalue weighted by atomic mass is 10.1. The van der Waals surface area contributed by atoms with Crippen molar-refractivity contribution in [3.05, 3.63) is 36.0 Å². The van der Waals surface area contributed by atoms with Crippen LogP contribution in [-0.2, 0) is 0 Å². The van der Waals surface area contributed by atoms with Crippen LogP contribution in [0.1, 0.15) is 12.5 Å². The maximum Gasteiger partial charge on any atom is 0.120 e. The third kappa shape index (κ3) is 2.39. The van der Waals surface area contributed by atoms with Gasteiger partial charge in [0.25, 0.3) is 0 Å². The molecule has 15 heavy (non-hydrogen) atoms. The van der Waals surface area contributed by atoms with E-state index in [-0.39, 0.29) is 12.4 Å². The Morgan fingerprint density at radius 1 is 1.27 bits per heavy atom. The van der Waals surface area contributed by atoms with Crippen molar-refractivity contribution >= 4 is 23.3 Å². The minimum atomic E-state index is 0. The van der Waals surface area contributed by atoms with Crippen LogP contribution < -0.4 is 4.74 Å². The van der Waals surface area contributed by atoms with Crippen molar-refractivity contribution in [1.82, 2.24) is 4.98 Å². The van der Waals surface area contributed by atoms with Gasteiger partial charge in [-0.3, -0.25) is 4.98 Å². The number of hydrogen-bond donors (Lipinski definition) is 0. The average molecular weight is 224 g/mol. The van der Waals surface area contributed by atoms with Crippen LogP contribution >= 0.6 is 12.4 Å². The van der Waals surface area contributed by atoms with E-state index in [1.807, 2.05) is 37.4 Å². The summed E-state index contributed by atoms with van der Waals surface area (Å²) in [7, 11) is 0. The smallest absolute Gasteiger partial charge is 0.120 e. The summed E-state index contributed by atoms with van der Waals surface area (Å²) in [5.41, 5.74) is 2.25. The van der Waals surface area contributed by atoms with Crippen LogP contribution in [-0.4, -0.2) is 11.6 Å². The topological polar surface area (TPSA) is 22.1 Å². The molecule has 0 fully saturated rings. The van der Waals surface area contributed by atoms with Gasteiger partial charge in [-0.2, -0.15) is 0 Å². The molecule has 0 radical (unpaired) electrons. The van der Waals surface area contributed by atoms with Crippen molar-refractivity contribution in [2.45, 2.75) is 13.8 Å². The molecule has 1 aromatic heterocycles. The molecule has 0 atom stereocenters. The van der Waals surface area contributed by atoms with Crippen molar-refractivity contribution in [1.29, 1.82) is 0 Å². The summed E-state index contributed by atoms with van der Waals surface area (Å²) >= 11 is 0. The average Bonchev–Trinajstić information content (AvgIpc) is 2.20. The number of aryl methyl sites for hydroxylation is 1. The molecule has 3 heteroatoms. The molecule has 0 amide bonds. The Balaban J connectivity index is 0.00000112. The first kappa shape index (κ1) is 11.8. The SMILES string of the molecule is CCOc1ccc2nccc(C)c2c1.Cl. The minimum Gasteiger partial charge on any atom is -0.494 e. The molecule has 0 saturated carbocycles. The largest absolute Gasteiger partial charge is 0.494 e. The Morgan fingerprint density at radius 3 is 2.80 bits per heavy atom. The van der Waals surface area contributed by atoms with E-state index in [9.17, 15) is 0 Å². The van der Waals surface area contributed by atoms with E-state index in [2.05, 4.69) is 11.9 Å². The molecule has 0 unspecified atom stereocenters. The first-order valence-corrected chi connectivity index (χ1v) is 4.79. The number of benzene rings is 1. The predicted octanol–water partition coefficient (Wildman–Crippen LogP) is 3.36. The Kier molecular flexibility index (Phi) is 3.92. The number of ether oxygens (including phenoxy) is 1. The molecule has 2 aromatic rings. The van der Waals surface area contributed by atoms with Crippen LogP contribution in [0.2, 0.25) is 0 Å². The number of pyridine rings is 1. The van der Waals surface area contributed by atoms with E-state index in [1.165, 1.54) is 10.9 Å². The molecule has 80 valence electrons. The van der Waals surface area contributed by atoms with Gasteiger partial charge in [-0.15, -0.1) is 12.4 Å². The zero-order chi connectivity index (χ0) is 9.97. The summed E-state index contributed by atoms with van der Waals surface area (Å²) in [5, 5.41) is 1.17. The maximum absolute atomic E-state index is 5.44. The third-order valence-corrected chi connectivity index (χ3v) is 2.24. The molecular weight excluding hydrogens is 210 g/mol. The van der Waals surface area contributed by atoms with Crippen molar-refractivity contribution in [2.24, 2.45) is 0 Å². The summed E-state index contributed by atoms with van der Waals surface area (Å²) in [6.07, 6.45) is 1.83. The Hall–Kier alpha value is -1.28. The van der Waals surface area contributed by atoms with E-state index < -0.39 is 0 Å². The molecular formula is C12H14ClNO. The molecule has 0 aliphatic heterocycles. The van der Waals surface area contributed by atoms with Crippen LogP contribution in [0.15, 0.2) is 30.5 Å². The lowest BCUT2D eigenvalue weighted by Crippen LogP contribution is -1.91. The number of hydrogen-bond acceptors (Lipinski definition) is 2. The van der Waals surface area contributed by atoms with E-state index in [1.54, 1.807) is 0 Å². The van der Waals surface area contributed by atoms with Gasteiger partial charge < -0.3 is 4.74 Å². The summed E-state index contributed by atoms with van der Waals surface area (Å²) < 4.78 is 5.44. The molecule has 0 aliphatic carbocycles. The van der Waals surface area contributed by atoms with Gasteiger partial charge in [0, 0.05) is 11.6 Å². The molecule has 0 aliphatic rings. The van der Waals surface area contributed by atoms with Gasteiger partial charge in [-0.25, -0.2) is 0 Å². The fourth-order valence-corrected chi connectivity index (χ4v) is 1.52. The van der Waals surface area contributed by atoms with Gasteiger partial charge in [0.15, 0.2) is 0 Å². The molecule has 0 N–H and O–H groups in total. The highest BCUT2D eigenvalue weighted by Gasteiger charge is 1.99. The van der Waals surface area contributed by atoms with E-state index >= 15 is 0 Å². The number of halogens is 1. The van der Waals surface area contributed by atoms with Crippen LogP contribution in [0.5, 0.6) is 5.75 Å². The Labute approximate surface area is 95.7 Å². The second-order valence-corrected chi connectivity index (χ2v) is 3.24. The van der Waals surface area contributed by atoms with Gasteiger partial charge in [0.05, 0.1) is 12.1 Å². The third-order valence-electron chi connectivity index (χ3n) is 2.24. The molecule has 1 heterocycles. The van der Waals surface area contributed by atoms with Gasteiger partial charge in [-0.05, 0) is 43.7 Å². The van der Waals surface area contributed by atoms with E-state index in [4.69, 9.17) is 4.74 Å². The second-order valence-electron chi connectivity index (χ2n) is 3.24. The Morgan fingerprint density at radius 2 is 2.07 bits per heavy atom. The van der Waals surface area contributed by atoms with Crippen LogP contribution in [0.25, 0.3) is 10.9 Å². The van der Waals surface area contributed by atoms with Crippen LogP contribution in [0.3, 0.4) is 0 Å². The number of rotatable bonds is 2. The fraction of sp³-hybridized carbons (Fsp3) is 0.250. The molecule has 0 spiro atoms. The van der Waals surface area contributed by atoms with Crippen LogP contribution in [0, 0.1) is 6.92 Å². The number of aromatic nitrogens is 1. The van der Waals surface area contributed by atoms with Gasteiger partial charge in [0.1, 0.15) is 5.75 Å². The first-order valence-electron chi connectivity index (χ1n) is 4.79. The lowest BCUT2D eigenvalue weighted by Gasteiger charge is -2.05. The minimum absolute atomic E-state index is 0. The normalized spacial score (nSPS) is 9.73. The predicted molar refractivity (Wildman–Crippen MR) is 64.9 cm³/mol. The molecule has 0 saturated heterocycles. The molecule has 1 aromatic carbocycles. The lowest BCUT2D eigenvalue weighted by molar-refractivity contribution is 0.340. The van der Waals surface area contributed by atoms with Gasteiger partial charge in [-0.1, -0.05) is 0 Å². The zero-order valence-corrected chi connectivity index (χ0v) is 9.67. The number of nitrogens with zero attached hydrogens (tertiary/aromatic N) is 1. The van der Waals surface area contributed by atoms with Gasteiger partial charge in [0.2, 0.25) is 0 Å². The van der Waals surface area contributed by atoms with Crippen molar-refractivity contribution in [3.8, 4) is 5.75 Å². The van der Waals surface area contributed by atoms with Crippen molar-refractivity contribution < 1.29 is 4.74 Å². The summed E-state index contributed by atoms with van der Waals surface area (Å²) in [6, 6.07) is 8.00. The van der Waals surface area contributed by atoms with Crippen molar-refractivity contribution in [2.75, 3.05) is 6.61 Å². The maximum atomic E-state index is 5.44.